The van der Waals surface area contributed by atoms with E-state index in [1.165, 1.54) is 17.1 Å². The summed E-state index contributed by atoms with van der Waals surface area (Å²) in [5.74, 6) is 0.308. The molecule has 2 rings (SSSR count). The fraction of sp³-hybridized carbons (Fsp3) is 0.400. The number of aromatic nitrogens is 2. The van der Waals surface area contributed by atoms with Crippen LogP contribution in [0.15, 0.2) is 24.3 Å². The first kappa shape index (κ1) is 14.7. The van der Waals surface area contributed by atoms with E-state index in [2.05, 4.69) is 35.3 Å². The summed E-state index contributed by atoms with van der Waals surface area (Å²) < 4.78 is 8.92. The Morgan fingerprint density at radius 1 is 1.30 bits per heavy atom. The van der Waals surface area contributed by atoms with E-state index in [4.69, 9.17) is 4.74 Å². The molecule has 0 aliphatic rings. The lowest BCUT2D eigenvalue weighted by Crippen LogP contribution is -2.06. The van der Waals surface area contributed by atoms with Gasteiger partial charge < -0.3 is 4.74 Å². The molecule has 1 aromatic heterocycles. The van der Waals surface area contributed by atoms with Crippen LogP contribution in [-0.4, -0.2) is 21.9 Å². The number of ether oxygens (including phenoxy) is 1. The second-order valence-corrected chi connectivity index (χ2v) is 5.69. The number of nitrogens with zero attached hydrogens (tertiary/aromatic N) is 2. The van der Waals surface area contributed by atoms with Crippen molar-refractivity contribution in [2.45, 2.75) is 27.2 Å². The summed E-state index contributed by atoms with van der Waals surface area (Å²) in [7, 11) is 0. The molecule has 5 heteroatoms. The van der Waals surface area contributed by atoms with Gasteiger partial charge in [0.2, 0.25) is 0 Å². The zero-order valence-corrected chi connectivity index (χ0v) is 12.7. The van der Waals surface area contributed by atoms with Crippen LogP contribution < -0.4 is 0 Å². The molecule has 4 nitrogen and oxygen atoms in total. The molecule has 1 heterocycles. The van der Waals surface area contributed by atoms with Crippen molar-refractivity contribution >= 4 is 17.5 Å². The molecule has 0 saturated carbocycles. The van der Waals surface area contributed by atoms with Crippen molar-refractivity contribution in [1.82, 2.24) is 9.36 Å². The summed E-state index contributed by atoms with van der Waals surface area (Å²) >= 11 is 1.21. The van der Waals surface area contributed by atoms with Crippen molar-refractivity contribution in [1.29, 1.82) is 0 Å². The van der Waals surface area contributed by atoms with E-state index in [-0.39, 0.29) is 5.82 Å². The summed E-state index contributed by atoms with van der Waals surface area (Å²) in [4.78, 5) is 15.7. The number of hydrogen-bond donors (Lipinski definition) is 0. The molecule has 0 fully saturated rings. The van der Waals surface area contributed by atoms with E-state index >= 15 is 0 Å². The minimum absolute atomic E-state index is 0.137. The fourth-order valence-corrected chi connectivity index (χ4v) is 2.53. The van der Waals surface area contributed by atoms with Crippen LogP contribution in [0.1, 0.15) is 37.0 Å². The number of hydrogen-bond acceptors (Lipinski definition) is 5. The molecule has 0 amide bonds. The van der Waals surface area contributed by atoms with E-state index in [1.807, 2.05) is 12.1 Å². The highest BCUT2D eigenvalue weighted by molar-refractivity contribution is 7.09. The van der Waals surface area contributed by atoms with E-state index in [0.717, 1.165) is 17.0 Å². The highest BCUT2D eigenvalue weighted by Gasteiger charge is 2.14. The summed E-state index contributed by atoms with van der Waals surface area (Å²) in [5.41, 5.74) is 2.28. The fourth-order valence-electron chi connectivity index (χ4n) is 1.87. The van der Waals surface area contributed by atoms with Gasteiger partial charge in [-0.3, -0.25) is 0 Å². The number of benzene rings is 1. The Morgan fingerprint density at radius 3 is 2.60 bits per heavy atom. The first-order valence-corrected chi connectivity index (χ1v) is 7.47. The van der Waals surface area contributed by atoms with Crippen LogP contribution in [0.5, 0.6) is 0 Å². The third-order valence-electron chi connectivity index (χ3n) is 2.73. The Hall–Kier alpha value is -1.75. The number of carbonyl (C=O) groups excluding carboxylic acids is 1. The van der Waals surface area contributed by atoms with Crippen molar-refractivity contribution in [3.05, 3.63) is 35.7 Å². The quantitative estimate of drug-likeness (QED) is 0.790. The predicted molar refractivity (Wildman–Crippen MR) is 79.8 cm³/mol. The van der Waals surface area contributed by atoms with Gasteiger partial charge in [-0.1, -0.05) is 38.1 Å². The van der Waals surface area contributed by atoms with Crippen LogP contribution in [0.25, 0.3) is 10.6 Å². The molecule has 0 N–H and O–H groups in total. The van der Waals surface area contributed by atoms with Gasteiger partial charge >= 0.3 is 5.97 Å². The second-order valence-electron chi connectivity index (χ2n) is 4.94. The Kier molecular flexibility index (Phi) is 4.84. The van der Waals surface area contributed by atoms with Crippen LogP contribution in [-0.2, 0) is 11.2 Å². The monoisotopic (exact) mass is 290 g/mol. The van der Waals surface area contributed by atoms with E-state index in [9.17, 15) is 4.79 Å². The molecule has 20 heavy (non-hydrogen) atoms. The van der Waals surface area contributed by atoms with Crippen molar-refractivity contribution in [2.75, 3.05) is 6.61 Å². The molecular formula is C15H18N2O2S. The molecule has 0 bridgehead atoms. The molecule has 0 atom stereocenters. The summed E-state index contributed by atoms with van der Waals surface area (Å²) in [5, 5.41) is 0.740. The highest BCUT2D eigenvalue weighted by atomic mass is 32.1. The van der Waals surface area contributed by atoms with Gasteiger partial charge in [0, 0.05) is 5.56 Å². The first-order valence-electron chi connectivity index (χ1n) is 6.70. The van der Waals surface area contributed by atoms with Gasteiger partial charge in [-0.25, -0.2) is 9.78 Å². The molecular weight excluding hydrogens is 272 g/mol. The normalized spacial score (nSPS) is 10.8. The lowest BCUT2D eigenvalue weighted by Gasteiger charge is -2.04. The minimum atomic E-state index is -0.466. The number of rotatable bonds is 5. The molecule has 106 valence electrons. The average molecular weight is 290 g/mol. The Labute approximate surface area is 123 Å². The second kappa shape index (κ2) is 6.61. The van der Waals surface area contributed by atoms with Crippen molar-refractivity contribution in [2.24, 2.45) is 5.92 Å². The first-order chi connectivity index (χ1) is 9.60. The molecule has 0 spiro atoms. The van der Waals surface area contributed by atoms with Crippen molar-refractivity contribution in [3.63, 3.8) is 0 Å². The summed E-state index contributed by atoms with van der Waals surface area (Å²) in [6.07, 6.45) is 1.06. The van der Waals surface area contributed by atoms with Crippen LogP contribution in [0.3, 0.4) is 0 Å². The molecule has 0 saturated heterocycles. The molecule has 0 radical (unpaired) electrons. The van der Waals surface area contributed by atoms with Gasteiger partial charge in [-0.2, -0.15) is 4.37 Å². The summed E-state index contributed by atoms with van der Waals surface area (Å²) in [6.45, 7) is 6.49. The topological polar surface area (TPSA) is 52.1 Å². The third-order valence-corrected chi connectivity index (χ3v) is 3.49. The van der Waals surface area contributed by atoms with Gasteiger partial charge in [-0.15, -0.1) is 0 Å². The maximum absolute atomic E-state index is 11.5. The zero-order chi connectivity index (χ0) is 14.5. The van der Waals surface area contributed by atoms with Gasteiger partial charge in [0.25, 0.3) is 5.82 Å². The maximum Gasteiger partial charge on any atom is 0.377 e. The maximum atomic E-state index is 11.5. The van der Waals surface area contributed by atoms with Crippen molar-refractivity contribution < 1.29 is 9.53 Å². The average Bonchev–Trinajstić information content (AvgIpc) is 2.89. The summed E-state index contributed by atoms with van der Waals surface area (Å²) in [6, 6.07) is 8.24. The van der Waals surface area contributed by atoms with Gasteiger partial charge in [0.15, 0.2) is 0 Å². The van der Waals surface area contributed by atoms with E-state index < -0.39 is 5.97 Å². The largest absolute Gasteiger partial charge is 0.460 e. The third kappa shape index (κ3) is 3.63. The van der Waals surface area contributed by atoms with Gasteiger partial charge in [0.05, 0.1) is 6.61 Å². The smallest absolute Gasteiger partial charge is 0.377 e. The van der Waals surface area contributed by atoms with E-state index in [0.29, 0.717) is 12.5 Å². The lowest BCUT2D eigenvalue weighted by molar-refractivity contribution is 0.0514. The Morgan fingerprint density at radius 2 is 2.00 bits per heavy atom. The molecule has 0 aliphatic heterocycles. The Balaban J connectivity index is 2.14. The molecule has 1 aromatic carbocycles. The number of esters is 1. The predicted octanol–water partition coefficient (Wildman–Crippen LogP) is 3.58. The standard InChI is InChI=1S/C15H18N2O2S/c1-4-19-15(18)13-16-14(20-17-13)12-7-5-11(6-8-12)9-10(2)3/h5-8,10H,4,9H2,1-3H3. The van der Waals surface area contributed by atoms with Crippen LogP contribution in [0.4, 0.5) is 0 Å². The zero-order valence-electron chi connectivity index (χ0n) is 11.9. The van der Waals surface area contributed by atoms with Crippen molar-refractivity contribution in [3.8, 4) is 10.6 Å². The molecule has 0 unspecified atom stereocenters. The number of carbonyl (C=O) groups is 1. The van der Waals surface area contributed by atoms with Crippen LogP contribution in [0.2, 0.25) is 0 Å². The highest BCUT2D eigenvalue weighted by Crippen LogP contribution is 2.22. The van der Waals surface area contributed by atoms with Gasteiger partial charge in [0.1, 0.15) is 5.01 Å². The Bertz CT molecular complexity index is 576. The SMILES string of the molecule is CCOC(=O)c1nsc(-c2ccc(CC(C)C)cc2)n1. The van der Waals surface area contributed by atoms with Gasteiger partial charge in [-0.05, 0) is 36.4 Å². The minimum Gasteiger partial charge on any atom is -0.460 e. The van der Waals surface area contributed by atoms with E-state index in [1.54, 1.807) is 6.92 Å². The van der Waals surface area contributed by atoms with Crippen LogP contribution in [0, 0.1) is 5.92 Å². The van der Waals surface area contributed by atoms with Crippen LogP contribution >= 0.6 is 11.5 Å². The lowest BCUT2D eigenvalue weighted by atomic mass is 10.0. The molecule has 2 aromatic rings. The molecule has 0 aliphatic carbocycles.